The van der Waals surface area contributed by atoms with Crippen molar-refractivity contribution in [2.45, 2.75) is 87.2 Å². The average Bonchev–Trinajstić information content (AvgIpc) is 3.64. The Morgan fingerprint density at radius 2 is 1.93 bits per heavy atom. The van der Waals surface area contributed by atoms with Gasteiger partial charge in [0.2, 0.25) is 0 Å². The number of alkyl halides is 2. The molecule has 2 fully saturated rings. The zero-order chi connectivity index (χ0) is 30.4. The van der Waals surface area contributed by atoms with Gasteiger partial charge < -0.3 is 20.1 Å². The first kappa shape index (κ1) is 32.2. The molecule has 4 rings (SSSR count). The molecule has 0 spiro atoms. The minimum atomic E-state index is -3.39. The van der Waals surface area contributed by atoms with Crippen molar-refractivity contribution in [2.24, 2.45) is 5.73 Å². The van der Waals surface area contributed by atoms with E-state index in [-0.39, 0.29) is 52.8 Å². The summed E-state index contributed by atoms with van der Waals surface area (Å²) >= 11 is 1.10. The maximum atomic E-state index is 13.1. The van der Waals surface area contributed by atoms with E-state index >= 15 is 0 Å². The number of nitrogens with two attached hydrogens (primary N) is 1. The molecule has 0 radical (unpaired) electrons. The Morgan fingerprint density at radius 3 is 2.48 bits per heavy atom. The number of thiazole rings is 1. The highest BCUT2D eigenvalue weighted by molar-refractivity contribution is 7.91. The number of primary amides is 1. The number of sulfone groups is 1. The van der Waals surface area contributed by atoms with Gasteiger partial charge in [-0.3, -0.25) is 9.69 Å². The monoisotopic (exact) mass is 625 g/mol. The molecule has 2 aromatic rings. The van der Waals surface area contributed by atoms with Crippen molar-refractivity contribution in [1.82, 2.24) is 9.88 Å². The van der Waals surface area contributed by atoms with Crippen LogP contribution in [-0.2, 0) is 19.3 Å². The van der Waals surface area contributed by atoms with Gasteiger partial charge in [0.05, 0.1) is 48.1 Å². The summed E-state index contributed by atoms with van der Waals surface area (Å²) in [7, 11) is -1.70. The number of nitrogens with zero attached hydrogens (tertiary/aromatic N) is 4. The zero-order valence-corrected chi connectivity index (χ0v) is 25.3. The predicted octanol–water partition coefficient (Wildman–Crippen LogP) is 4.14. The summed E-state index contributed by atoms with van der Waals surface area (Å²) in [4.78, 5) is 20.8. The van der Waals surface area contributed by atoms with E-state index < -0.39 is 28.4 Å². The Balaban J connectivity index is 1.71. The third kappa shape index (κ3) is 7.44. The second kappa shape index (κ2) is 14.2. The lowest BCUT2D eigenvalue weighted by Gasteiger charge is -2.44. The molecule has 1 aromatic heterocycles. The number of carbonyl (C=O) groups is 1. The minimum Gasteiger partial charge on any atom is -0.381 e. The molecule has 2 N–H and O–H groups in total. The number of rotatable bonds is 13. The van der Waals surface area contributed by atoms with Crippen molar-refractivity contribution in [3.63, 3.8) is 0 Å². The second-order valence-electron chi connectivity index (χ2n) is 10.6. The number of halogens is 2. The van der Waals surface area contributed by atoms with E-state index in [9.17, 15) is 27.3 Å². The minimum absolute atomic E-state index is 0.0168. The number of aromatic nitrogens is 1. The van der Waals surface area contributed by atoms with E-state index in [2.05, 4.69) is 16.0 Å². The topological polar surface area (TPSA) is 139 Å². The molecular weight excluding hydrogens is 588 g/mol. The van der Waals surface area contributed by atoms with Crippen LogP contribution < -0.4 is 10.6 Å². The van der Waals surface area contributed by atoms with Gasteiger partial charge in [-0.1, -0.05) is 30.4 Å². The van der Waals surface area contributed by atoms with Crippen LogP contribution in [0, 0.1) is 11.3 Å². The van der Waals surface area contributed by atoms with Crippen LogP contribution in [0.2, 0.25) is 0 Å². The molecule has 1 saturated heterocycles. The van der Waals surface area contributed by atoms with Crippen molar-refractivity contribution < 1.29 is 31.5 Å². The van der Waals surface area contributed by atoms with Crippen LogP contribution in [0.4, 0.5) is 13.9 Å². The highest BCUT2D eigenvalue weighted by Crippen LogP contribution is 2.40. The summed E-state index contributed by atoms with van der Waals surface area (Å²) in [6.07, 6.45) is 5.47. The summed E-state index contributed by atoms with van der Waals surface area (Å²) in [5.74, 6) is -0.633. The third-order valence-electron chi connectivity index (χ3n) is 8.26. The van der Waals surface area contributed by atoms with Crippen LogP contribution in [0.3, 0.4) is 0 Å². The van der Waals surface area contributed by atoms with Gasteiger partial charge in [-0.15, -0.1) is 0 Å². The van der Waals surface area contributed by atoms with Gasteiger partial charge in [0.25, 0.3) is 5.91 Å². The van der Waals surface area contributed by atoms with Crippen LogP contribution in [0.5, 0.6) is 0 Å². The first-order valence-corrected chi connectivity index (χ1v) is 16.5. The number of ether oxygens (including phenoxy) is 2. The van der Waals surface area contributed by atoms with Crippen molar-refractivity contribution in [3.05, 3.63) is 40.9 Å². The van der Waals surface area contributed by atoms with E-state index in [4.69, 9.17) is 15.2 Å². The van der Waals surface area contributed by atoms with Crippen LogP contribution in [-0.4, -0.2) is 81.1 Å². The fraction of sp³-hybridized carbons (Fsp3) is 0.607. The van der Waals surface area contributed by atoms with Gasteiger partial charge in [-0.25, -0.2) is 13.4 Å². The number of nitriles is 1. The molecule has 1 aliphatic heterocycles. The summed E-state index contributed by atoms with van der Waals surface area (Å²) in [6, 6.07) is 8.10. The smallest absolute Gasteiger partial charge is 0.345 e. The maximum absolute atomic E-state index is 13.1. The molecule has 1 saturated carbocycles. The molecule has 230 valence electrons. The van der Waals surface area contributed by atoms with Crippen LogP contribution in [0.1, 0.15) is 66.7 Å². The molecule has 14 heteroatoms. The zero-order valence-electron chi connectivity index (χ0n) is 23.7. The standard InChI is InChI=1S/C28H37F2N5O5S2/c1-3-42(37,38)23-10-4-18(5-11-23)24(12-13-31)35(19-6-8-22(39-2)9-7-19)20-14-21(17-40-27(29)30)34(16-20)28-33-15-25(41-28)26(32)36/h4-5,10-11,15,19-22,24,27H,3,6-9,12,14,16-17H2,1-2H3,(H2,32,36)/t19?,20?,21?,22?,24-/m0/s1. The van der Waals surface area contributed by atoms with Crippen molar-refractivity contribution in [3.8, 4) is 6.07 Å². The third-order valence-corrected chi connectivity index (χ3v) is 11.1. The van der Waals surface area contributed by atoms with Crippen molar-refractivity contribution in [2.75, 3.05) is 30.9 Å². The summed E-state index contributed by atoms with van der Waals surface area (Å²) in [6.45, 7) is -1.17. The maximum Gasteiger partial charge on any atom is 0.345 e. The SMILES string of the molecule is CCS(=O)(=O)c1ccc([C@H](CC#N)N(C2CCC(OC)CC2)C2CC(COC(F)F)N(c3ncc(C(N)=O)s3)C2)cc1. The number of hydrogen-bond acceptors (Lipinski definition) is 10. The molecule has 2 aliphatic rings. The Kier molecular flexibility index (Phi) is 10.9. The van der Waals surface area contributed by atoms with Crippen LogP contribution in [0.25, 0.3) is 0 Å². The summed E-state index contributed by atoms with van der Waals surface area (Å²) in [5.41, 5.74) is 6.25. The fourth-order valence-electron chi connectivity index (χ4n) is 6.13. The first-order valence-electron chi connectivity index (χ1n) is 14.0. The van der Waals surface area contributed by atoms with Gasteiger partial charge in [0.1, 0.15) is 4.88 Å². The predicted molar refractivity (Wildman–Crippen MR) is 154 cm³/mol. The highest BCUT2D eigenvalue weighted by Gasteiger charge is 2.43. The van der Waals surface area contributed by atoms with E-state index in [1.807, 2.05) is 4.90 Å². The Hall–Kier alpha value is -2.70. The fourth-order valence-corrected chi connectivity index (χ4v) is 7.86. The highest BCUT2D eigenvalue weighted by atomic mass is 32.2. The lowest BCUT2D eigenvalue weighted by atomic mass is 9.87. The average molecular weight is 626 g/mol. The van der Waals surface area contributed by atoms with Crippen molar-refractivity contribution >= 4 is 32.2 Å². The van der Waals surface area contributed by atoms with E-state index in [1.54, 1.807) is 38.3 Å². The normalized spacial score (nSPS) is 23.8. The molecule has 2 heterocycles. The molecule has 1 aliphatic carbocycles. The quantitative estimate of drug-likeness (QED) is 0.348. The Labute approximate surface area is 249 Å². The first-order chi connectivity index (χ1) is 20.1. The molecule has 42 heavy (non-hydrogen) atoms. The van der Waals surface area contributed by atoms with Gasteiger partial charge >= 0.3 is 6.61 Å². The van der Waals surface area contributed by atoms with Gasteiger partial charge in [0, 0.05) is 31.8 Å². The number of carbonyl (C=O) groups excluding carboxylic acids is 1. The Morgan fingerprint density at radius 1 is 1.24 bits per heavy atom. The number of anilines is 1. The van der Waals surface area contributed by atoms with Gasteiger partial charge in [-0.2, -0.15) is 14.0 Å². The Bertz CT molecular complexity index is 1340. The molecule has 0 bridgehead atoms. The lowest BCUT2D eigenvalue weighted by molar-refractivity contribution is -0.132. The van der Waals surface area contributed by atoms with E-state index in [0.717, 1.165) is 42.6 Å². The molecular formula is C28H37F2N5O5S2. The molecule has 2 unspecified atom stereocenters. The lowest BCUT2D eigenvalue weighted by Crippen LogP contribution is -2.48. The van der Waals surface area contributed by atoms with Gasteiger partial charge in [-0.05, 0) is 49.8 Å². The van der Waals surface area contributed by atoms with Crippen LogP contribution >= 0.6 is 11.3 Å². The summed E-state index contributed by atoms with van der Waals surface area (Å²) in [5, 5.41) is 10.4. The van der Waals surface area contributed by atoms with Gasteiger partial charge in [0.15, 0.2) is 15.0 Å². The molecule has 1 aromatic carbocycles. The van der Waals surface area contributed by atoms with Crippen molar-refractivity contribution in [1.29, 1.82) is 5.26 Å². The summed E-state index contributed by atoms with van der Waals surface area (Å²) < 4.78 is 61.5. The molecule has 10 nitrogen and oxygen atoms in total. The molecule has 1 amide bonds. The second-order valence-corrected chi connectivity index (χ2v) is 13.9. The number of benzene rings is 1. The molecule has 3 atom stereocenters. The van der Waals surface area contributed by atoms with E-state index in [1.165, 1.54) is 6.20 Å². The largest absolute Gasteiger partial charge is 0.381 e. The van der Waals surface area contributed by atoms with Crippen LogP contribution in [0.15, 0.2) is 35.4 Å². The number of amides is 1. The number of methoxy groups -OCH3 is 1. The number of hydrogen-bond donors (Lipinski definition) is 1. The van der Waals surface area contributed by atoms with E-state index in [0.29, 0.717) is 18.1 Å².